The van der Waals surface area contributed by atoms with E-state index in [0.717, 1.165) is 42.7 Å². The van der Waals surface area contributed by atoms with E-state index < -0.39 is 0 Å². The fourth-order valence-electron chi connectivity index (χ4n) is 2.71. The summed E-state index contributed by atoms with van der Waals surface area (Å²) in [5.41, 5.74) is 0.997. The molecule has 0 radical (unpaired) electrons. The van der Waals surface area contributed by atoms with Crippen LogP contribution in [0.5, 0.6) is 5.75 Å². The summed E-state index contributed by atoms with van der Waals surface area (Å²) in [7, 11) is 0. The van der Waals surface area contributed by atoms with Crippen LogP contribution in [-0.4, -0.2) is 19.2 Å². The third kappa shape index (κ3) is 2.66. The molecule has 2 unspecified atom stereocenters. The molecule has 2 atom stereocenters. The SMILES string of the molecule is CC(CNCC1Cc2cc(F)ccc2O1)C1CC1. The van der Waals surface area contributed by atoms with Crippen LogP contribution in [0.15, 0.2) is 18.2 Å². The highest BCUT2D eigenvalue weighted by Gasteiger charge is 2.28. The summed E-state index contributed by atoms with van der Waals surface area (Å²) in [5.74, 6) is 2.38. The molecular weight excluding hydrogens is 229 g/mol. The van der Waals surface area contributed by atoms with E-state index in [0.29, 0.717) is 0 Å². The lowest BCUT2D eigenvalue weighted by Crippen LogP contribution is -2.33. The van der Waals surface area contributed by atoms with E-state index in [1.807, 2.05) is 0 Å². The molecule has 0 spiro atoms. The smallest absolute Gasteiger partial charge is 0.123 e. The molecule has 1 N–H and O–H groups in total. The fourth-order valence-corrected chi connectivity index (χ4v) is 2.71. The second kappa shape index (κ2) is 4.88. The molecule has 18 heavy (non-hydrogen) atoms. The van der Waals surface area contributed by atoms with Crippen LogP contribution >= 0.6 is 0 Å². The van der Waals surface area contributed by atoms with Crippen LogP contribution in [0.2, 0.25) is 0 Å². The lowest BCUT2D eigenvalue weighted by atomic mass is 10.1. The van der Waals surface area contributed by atoms with Crippen LogP contribution in [0.3, 0.4) is 0 Å². The standard InChI is InChI=1S/C15H20FNO/c1-10(11-2-3-11)8-17-9-14-7-12-6-13(16)4-5-15(12)18-14/h4-6,10-11,14,17H,2-3,7-9H2,1H3. The molecule has 1 aromatic rings. The minimum absolute atomic E-state index is 0.160. The van der Waals surface area contributed by atoms with Crippen molar-refractivity contribution in [2.75, 3.05) is 13.1 Å². The molecule has 3 heteroatoms. The Labute approximate surface area is 108 Å². The van der Waals surface area contributed by atoms with Crippen LogP contribution in [-0.2, 0) is 6.42 Å². The van der Waals surface area contributed by atoms with Crippen LogP contribution in [0.25, 0.3) is 0 Å². The normalized spacial score (nSPS) is 23.6. The van der Waals surface area contributed by atoms with Crippen LogP contribution < -0.4 is 10.1 Å². The minimum Gasteiger partial charge on any atom is -0.488 e. The summed E-state index contributed by atoms with van der Waals surface area (Å²) >= 11 is 0. The molecule has 1 aromatic carbocycles. The maximum atomic E-state index is 13.1. The van der Waals surface area contributed by atoms with Crippen molar-refractivity contribution in [2.24, 2.45) is 11.8 Å². The molecule has 2 nitrogen and oxygen atoms in total. The molecule has 0 aromatic heterocycles. The summed E-state index contributed by atoms with van der Waals surface area (Å²) in [5, 5.41) is 3.48. The first kappa shape index (κ1) is 12.0. The van der Waals surface area contributed by atoms with E-state index in [9.17, 15) is 4.39 Å². The zero-order valence-electron chi connectivity index (χ0n) is 10.8. The van der Waals surface area contributed by atoms with Gasteiger partial charge in [0.05, 0.1) is 0 Å². The number of rotatable bonds is 5. The third-order valence-electron chi connectivity index (χ3n) is 4.03. The number of fused-ring (bicyclic) bond motifs is 1. The Morgan fingerprint density at radius 2 is 2.28 bits per heavy atom. The van der Waals surface area contributed by atoms with Crippen molar-refractivity contribution >= 4 is 0 Å². The van der Waals surface area contributed by atoms with E-state index in [-0.39, 0.29) is 11.9 Å². The summed E-state index contributed by atoms with van der Waals surface area (Å²) in [6.07, 6.45) is 3.77. The molecule has 2 aliphatic rings. The number of halogens is 1. The Hall–Kier alpha value is -1.09. The first-order valence-corrected chi connectivity index (χ1v) is 6.88. The van der Waals surface area contributed by atoms with Gasteiger partial charge in [-0.05, 0) is 49.4 Å². The quantitative estimate of drug-likeness (QED) is 0.866. The first-order valence-electron chi connectivity index (χ1n) is 6.88. The van der Waals surface area contributed by atoms with E-state index in [1.54, 1.807) is 12.1 Å². The Morgan fingerprint density at radius 3 is 3.06 bits per heavy atom. The Bertz CT molecular complexity index is 431. The molecule has 0 bridgehead atoms. The van der Waals surface area contributed by atoms with Crippen molar-refractivity contribution in [3.8, 4) is 5.75 Å². The highest BCUT2D eigenvalue weighted by atomic mass is 19.1. The topological polar surface area (TPSA) is 21.3 Å². The Morgan fingerprint density at radius 1 is 1.44 bits per heavy atom. The van der Waals surface area contributed by atoms with Gasteiger partial charge in [0.1, 0.15) is 17.7 Å². The minimum atomic E-state index is -0.173. The van der Waals surface area contributed by atoms with Gasteiger partial charge in [0, 0.05) is 18.5 Å². The van der Waals surface area contributed by atoms with Crippen LogP contribution in [0.4, 0.5) is 4.39 Å². The van der Waals surface area contributed by atoms with E-state index >= 15 is 0 Å². The van der Waals surface area contributed by atoms with Crippen LogP contribution in [0.1, 0.15) is 25.3 Å². The highest BCUT2D eigenvalue weighted by molar-refractivity contribution is 5.37. The third-order valence-corrected chi connectivity index (χ3v) is 4.03. The lowest BCUT2D eigenvalue weighted by Gasteiger charge is -2.15. The van der Waals surface area contributed by atoms with E-state index in [4.69, 9.17) is 4.74 Å². The van der Waals surface area contributed by atoms with Crippen molar-refractivity contribution < 1.29 is 9.13 Å². The predicted octanol–water partition coefficient (Wildman–Crippen LogP) is 2.76. The van der Waals surface area contributed by atoms with Gasteiger partial charge in [-0.25, -0.2) is 4.39 Å². The van der Waals surface area contributed by atoms with Crippen molar-refractivity contribution in [1.29, 1.82) is 0 Å². The van der Waals surface area contributed by atoms with Gasteiger partial charge in [0.2, 0.25) is 0 Å². The first-order chi connectivity index (χ1) is 8.72. The maximum absolute atomic E-state index is 13.1. The molecule has 0 saturated heterocycles. The van der Waals surface area contributed by atoms with Gasteiger partial charge >= 0.3 is 0 Å². The average molecular weight is 249 g/mol. The zero-order chi connectivity index (χ0) is 12.5. The van der Waals surface area contributed by atoms with Gasteiger partial charge in [-0.2, -0.15) is 0 Å². The number of hydrogen-bond donors (Lipinski definition) is 1. The highest BCUT2D eigenvalue weighted by Crippen LogP contribution is 2.36. The van der Waals surface area contributed by atoms with Gasteiger partial charge in [-0.1, -0.05) is 6.92 Å². The average Bonchev–Trinajstić information content (AvgIpc) is 3.11. The number of hydrogen-bond acceptors (Lipinski definition) is 2. The molecule has 1 saturated carbocycles. The van der Waals surface area contributed by atoms with E-state index in [1.165, 1.54) is 18.9 Å². The molecule has 1 heterocycles. The molecule has 1 aliphatic carbocycles. The second-order valence-electron chi connectivity index (χ2n) is 5.67. The summed E-state index contributed by atoms with van der Waals surface area (Å²) in [6.45, 7) is 4.23. The van der Waals surface area contributed by atoms with Crippen molar-refractivity contribution in [3.05, 3.63) is 29.6 Å². The van der Waals surface area contributed by atoms with Gasteiger partial charge in [0.25, 0.3) is 0 Å². The van der Waals surface area contributed by atoms with E-state index in [2.05, 4.69) is 12.2 Å². The van der Waals surface area contributed by atoms with Crippen molar-refractivity contribution in [1.82, 2.24) is 5.32 Å². The molecule has 3 rings (SSSR count). The molecule has 1 aliphatic heterocycles. The summed E-state index contributed by atoms with van der Waals surface area (Å²) in [6, 6.07) is 4.78. The fraction of sp³-hybridized carbons (Fsp3) is 0.600. The number of nitrogens with one attached hydrogen (secondary N) is 1. The molecule has 1 fully saturated rings. The van der Waals surface area contributed by atoms with Gasteiger partial charge in [0.15, 0.2) is 0 Å². The Balaban J connectivity index is 1.45. The van der Waals surface area contributed by atoms with Gasteiger partial charge < -0.3 is 10.1 Å². The predicted molar refractivity (Wildman–Crippen MR) is 69.3 cm³/mol. The second-order valence-corrected chi connectivity index (χ2v) is 5.67. The molecular formula is C15H20FNO. The Kier molecular flexibility index (Phi) is 3.25. The lowest BCUT2D eigenvalue weighted by molar-refractivity contribution is 0.224. The monoisotopic (exact) mass is 249 g/mol. The summed E-state index contributed by atoms with van der Waals surface area (Å²) in [4.78, 5) is 0. The van der Waals surface area contributed by atoms with Crippen molar-refractivity contribution in [3.63, 3.8) is 0 Å². The molecule has 98 valence electrons. The zero-order valence-corrected chi connectivity index (χ0v) is 10.8. The summed E-state index contributed by atoms with van der Waals surface area (Å²) < 4.78 is 18.9. The van der Waals surface area contributed by atoms with Gasteiger partial charge in [-0.15, -0.1) is 0 Å². The molecule has 0 amide bonds. The largest absolute Gasteiger partial charge is 0.488 e. The van der Waals surface area contributed by atoms with Crippen molar-refractivity contribution in [2.45, 2.75) is 32.3 Å². The maximum Gasteiger partial charge on any atom is 0.123 e. The van der Waals surface area contributed by atoms with Crippen LogP contribution in [0, 0.1) is 17.7 Å². The number of benzene rings is 1. The van der Waals surface area contributed by atoms with Gasteiger partial charge in [-0.3, -0.25) is 0 Å². The number of ether oxygens (including phenoxy) is 1.